The van der Waals surface area contributed by atoms with Gasteiger partial charge in [-0.05, 0) is 49.1 Å². The molecule has 3 N–H and O–H groups in total. The van der Waals surface area contributed by atoms with Crippen LogP contribution in [0, 0.1) is 17.8 Å². The smallest absolute Gasteiger partial charge is 0.227 e. The van der Waals surface area contributed by atoms with Crippen LogP contribution in [0.5, 0.6) is 0 Å². The molecule has 0 radical (unpaired) electrons. The van der Waals surface area contributed by atoms with Crippen LogP contribution in [0.3, 0.4) is 0 Å². The Morgan fingerprint density at radius 3 is 2.23 bits per heavy atom. The lowest BCUT2D eigenvalue weighted by Gasteiger charge is -2.43. The van der Waals surface area contributed by atoms with Crippen molar-refractivity contribution >= 4 is 24.0 Å². The van der Waals surface area contributed by atoms with E-state index in [-0.39, 0.29) is 24.2 Å². The molecule has 2 bridgehead atoms. The maximum atomic E-state index is 12.9. The van der Waals surface area contributed by atoms with Gasteiger partial charge in [-0.3, -0.25) is 4.79 Å². The molecule has 1 amide bonds. The first-order chi connectivity index (χ1) is 12.2. The number of para-hydroxylation sites is 1. The zero-order chi connectivity index (χ0) is 17.2. The highest BCUT2D eigenvalue weighted by atomic mass is 35.5. The number of anilines is 1. The molecule has 2 unspecified atom stereocenters. The van der Waals surface area contributed by atoms with Gasteiger partial charge in [-0.25, -0.2) is 0 Å². The number of fused-ring (bicyclic) bond motifs is 2. The van der Waals surface area contributed by atoms with Crippen LogP contribution in [0.2, 0.25) is 0 Å². The standard InChI is InChI=1S/C22H26N2O.ClH/c23-21-16-9-6-10-17(21)14-18(13-16)22(25)24-20-12-5-4-11-19(20)15-7-2-1-3-8-15;/h1-5,7-8,11-12,16-18,21H,6,9-10,13-14,23H2,(H,24,25);1H. The Morgan fingerprint density at radius 2 is 1.54 bits per heavy atom. The number of carbonyl (C=O) groups excluding carboxylic acids is 1. The molecular formula is C22H27ClN2O. The molecule has 138 valence electrons. The third kappa shape index (κ3) is 3.79. The number of amides is 1. The van der Waals surface area contributed by atoms with Crippen molar-refractivity contribution in [2.75, 3.05) is 5.32 Å². The van der Waals surface area contributed by atoms with Crippen molar-refractivity contribution < 1.29 is 4.79 Å². The summed E-state index contributed by atoms with van der Waals surface area (Å²) in [5.74, 6) is 1.30. The zero-order valence-electron chi connectivity index (χ0n) is 14.9. The Labute approximate surface area is 161 Å². The summed E-state index contributed by atoms with van der Waals surface area (Å²) in [6, 6.07) is 18.6. The van der Waals surface area contributed by atoms with Crippen LogP contribution >= 0.6 is 12.4 Å². The largest absolute Gasteiger partial charge is 0.327 e. The maximum Gasteiger partial charge on any atom is 0.227 e. The quantitative estimate of drug-likeness (QED) is 0.809. The normalized spacial score (nSPS) is 27.3. The van der Waals surface area contributed by atoms with E-state index in [1.807, 2.05) is 36.4 Å². The fraction of sp³-hybridized carbons (Fsp3) is 0.409. The van der Waals surface area contributed by atoms with Crippen LogP contribution in [0.1, 0.15) is 32.1 Å². The third-order valence-electron chi connectivity index (χ3n) is 6.05. The fourth-order valence-corrected chi connectivity index (χ4v) is 4.70. The molecule has 2 fully saturated rings. The minimum atomic E-state index is 0. The maximum absolute atomic E-state index is 12.9. The van der Waals surface area contributed by atoms with Gasteiger partial charge in [0, 0.05) is 23.2 Å². The Hall–Kier alpha value is -1.84. The van der Waals surface area contributed by atoms with Crippen LogP contribution in [-0.4, -0.2) is 11.9 Å². The lowest BCUT2D eigenvalue weighted by Crippen LogP contribution is -2.48. The molecule has 2 atom stereocenters. The first-order valence-corrected chi connectivity index (χ1v) is 9.43. The predicted molar refractivity (Wildman–Crippen MR) is 109 cm³/mol. The van der Waals surface area contributed by atoms with E-state index in [1.165, 1.54) is 19.3 Å². The van der Waals surface area contributed by atoms with E-state index in [4.69, 9.17) is 5.73 Å². The van der Waals surface area contributed by atoms with Crippen molar-refractivity contribution in [2.24, 2.45) is 23.5 Å². The van der Waals surface area contributed by atoms with E-state index < -0.39 is 0 Å². The summed E-state index contributed by atoms with van der Waals surface area (Å²) in [6.07, 6.45) is 5.52. The van der Waals surface area contributed by atoms with E-state index in [9.17, 15) is 4.79 Å². The highest BCUT2D eigenvalue weighted by molar-refractivity contribution is 5.96. The average Bonchev–Trinajstić information content (AvgIpc) is 2.62. The Morgan fingerprint density at radius 1 is 0.923 bits per heavy atom. The van der Waals surface area contributed by atoms with Crippen molar-refractivity contribution in [1.82, 2.24) is 0 Å². The molecule has 2 saturated carbocycles. The lowest BCUT2D eigenvalue weighted by molar-refractivity contribution is -0.122. The summed E-state index contributed by atoms with van der Waals surface area (Å²) in [5.41, 5.74) is 9.47. The van der Waals surface area contributed by atoms with Gasteiger partial charge in [0.05, 0.1) is 0 Å². The minimum absolute atomic E-state index is 0. The molecule has 4 rings (SSSR count). The van der Waals surface area contributed by atoms with Gasteiger partial charge >= 0.3 is 0 Å². The highest BCUT2D eigenvalue weighted by Crippen LogP contribution is 2.42. The van der Waals surface area contributed by atoms with E-state index in [0.29, 0.717) is 17.9 Å². The second-order valence-electron chi connectivity index (χ2n) is 7.60. The Bertz CT molecular complexity index is 735. The van der Waals surface area contributed by atoms with Crippen LogP contribution < -0.4 is 11.1 Å². The summed E-state index contributed by atoms with van der Waals surface area (Å²) in [4.78, 5) is 12.9. The van der Waals surface area contributed by atoms with E-state index in [1.54, 1.807) is 0 Å². The number of hydrogen-bond acceptors (Lipinski definition) is 2. The number of carbonyl (C=O) groups is 1. The monoisotopic (exact) mass is 370 g/mol. The molecule has 0 heterocycles. The van der Waals surface area contributed by atoms with Crippen LogP contribution in [0.25, 0.3) is 11.1 Å². The van der Waals surface area contributed by atoms with E-state index >= 15 is 0 Å². The molecule has 2 aliphatic rings. The Balaban J connectivity index is 0.00000196. The number of nitrogens with one attached hydrogen (secondary N) is 1. The molecule has 3 nitrogen and oxygen atoms in total. The van der Waals surface area contributed by atoms with Gasteiger partial charge in [-0.2, -0.15) is 0 Å². The minimum Gasteiger partial charge on any atom is -0.327 e. The van der Waals surface area contributed by atoms with Crippen molar-refractivity contribution in [3.8, 4) is 11.1 Å². The molecule has 4 heteroatoms. The lowest BCUT2D eigenvalue weighted by atomic mass is 9.65. The van der Waals surface area contributed by atoms with Crippen LogP contribution in [0.15, 0.2) is 54.6 Å². The van der Waals surface area contributed by atoms with Crippen molar-refractivity contribution in [3.05, 3.63) is 54.6 Å². The number of nitrogens with two attached hydrogens (primary N) is 1. The molecule has 26 heavy (non-hydrogen) atoms. The van der Waals surface area contributed by atoms with Gasteiger partial charge < -0.3 is 11.1 Å². The molecule has 2 aromatic carbocycles. The average molecular weight is 371 g/mol. The second-order valence-corrected chi connectivity index (χ2v) is 7.60. The van der Waals surface area contributed by atoms with Gasteiger partial charge in [-0.1, -0.05) is 55.0 Å². The Kier molecular flexibility index (Phi) is 6.00. The van der Waals surface area contributed by atoms with Gasteiger partial charge in [0.2, 0.25) is 5.91 Å². The fourth-order valence-electron chi connectivity index (χ4n) is 4.70. The molecule has 0 aromatic heterocycles. The summed E-state index contributed by atoms with van der Waals surface area (Å²) in [5, 5.41) is 3.20. The predicted octanol–water partition coefficient (Wildman–Crippen LogP) is 4.87. The number of hydrogen-bond donors (Lipinski definition) is 2. The molecule has 0 aliphatic heterocycles. The topological polar surface area (TPSA) is 55.1 Å². The molecule has 0 saturated heterocycles. The van der Waals surface area contributed by atoms with Crippen molar-refractivity contribution in [1.29, 1.82) is 0 Å². The number of rotatable bonds is 3. The summed E-state index contributed by atoms with van der Waals surface area (Å²) < 4.78 is 0. The zero-order valence-corrected chi connectivity index (χ0v) is 15.8. The highest BCUT2D eigenvalue weighted by Gasteiger charge is 2.40. The molecule has 0 spiro atoms. The number of halogens is 1. The summed E-state index contributed by atoms with van der Waals surface area (Å²) in [6.45, 7) is 0. The molecule has 2 aliphatic carbocycles. The van der Waals surface area contributed by atoms with Gasteiger partial charge in [0.1, 0.15) is 0 Å². The van der Waals surface area contributed by atoms with Gasteiger partial charge in [0.15, 0.2) is 0 Å². The molecule has 2 aromatic rings. The van der Waals surface area contributed by atoms with E-state index in [2.05, 4.69) is 23.5 Å². The van der Waals surface area contributed by atoms with Gasteiger partial charge in [0.25, 0.3) is 0 Å². The third-order valence-corrected chi connectivity index (χ3v) is 6.05. The first kappa shape index (κ1) is 18.9. The second kappa shape index (κ2) is 8.24. The van der Waals surface area contributed by atoms with Crippen LogP contribution in [-0.2, 0) is 4.79 Å². The number of benzene rings is 2. The SMILES string of the molecule is Cl.NC1C2CCCC1CC(C(=O)Nc1ccccc1-c1ccccc1)C2. The summed E-state index contributed by atoms with van der Waals surface area (Å²) >= 11 is 0. The van der Waals surface area contributed by atoms with Crippen LogP contribution in [0.4, 0.5) is 5.69 Å². The van der Waals surface area contributed by atoms with Crippen molar-refractivity contribution in [2.45, 2.75) is 38.1 Å². The first-order valence-electron chi connectivity index (χ1n) is 9.43. The van der Waals surface area contributed by atoms with Gasteiger partial charge in [-0.15, -0.1) is 12.4 Å². The summed E-state index contributed by atoms with van der Waals surface area (Å²) in [7, 11) is 0. The van der Waals surface area contributed by atoms with Crippen molar-refractivity contribution in [3.63, 3.8) is 0 Å². The molecular weight excluding hydrogens is 344 g/mol. The van der Waals surface area contributed by atoms with E-state index in [0.717, 1.165) is 29.7 Å².